The van der Waals surface area contributed by atoms with E-state index < -0.39 is 11.9 Å². The largest absolute Gasteiger partial charge is 0.478 e. The normalized spacial score (nSPS) is 10.5. The highest BCUT2D eigenvalue weighted by atomic mass is 16.6. The first-order valence-electron chi connectivity index (χ1n) is 14.9. The molecule has 2 heterocycles. The number of carbonyl (C=O) groups excluding carboxylic acids is 1. The van der Waals surface area contributed by atoms with Gasteiger partial charge in [0.15, 0.2) is 0 Å². The van der Waals surface area contributed by atoms with E-state index in [2.05, 4.69) is 26.8 Å². The maximum absolute atomic E-state index is 11.3. The fraction of sp³-hybridized carbons (Fsp3) is 0.613. The molecule has 47 heavy (non-hydrogen) atoms. The average molecular weight is 667 g/mol. The molecule has 0 amide bonds. The molecule has 0 aliphatic heterocycles. The molecule has 16 nitrogen and oxygen atoms in total. The standard InChI is InChI=1S/C16H24N2O6.C15H22N2O6/c1-3-5-21-7-9-23-11-12-24-10-8-22-6-4-18-14-15(13-17-18)16(19)20-2;1-2-4-20-6-8-22-10-11-23-9-7-21-5-3-17-13-14(12-16-17)15(18)19/h1,13-14H,4-12H2,2H3;1,12-13H,3-11H2,(H,18,19). The molecule has 2 aromatic rings. The van der Waals surface area contributed by atoms with E-state index in [4.69, 9.17) is 55.8 Å². The van der Waals surface area contributed by atoms with Crippen molar-refractivity contribution in [2.24, 2.45) is 0 Å². The van der Waals surface area contributed by atoms with Gasteiger partial charge in [-0.3, -0.25) is 9.36 Å². The summed E-state index contributed by atoms with van der Waals surface area (Å²) < 4.78 is 49.9. The van der Waals surface area contributed by atoms with E-state index in [1.54, 1.807) is 10.9 Å². The number of hydrogen-bond donors (Lipinski definition) is 1. The number of ether oxygens (including phenoxy) is 9. The van der Waals surface area contributed by atoms with E-state index in [-0.39, 0.29) is 5.56 Å². The van der Waals surface area contributed by atoms with Crippen molar-refractivity contribution in [3.05, 3.63) is 35.9 Å². The zero-order chi connectivity index (χ0) is 34.2. The van der Waals surface area contributed by atoms with Crippen molar-refractivity contribution < 1.29 is 57.3 Å². The minimum absolute atomic E-state index is 0.165. The number of rotatable bonds is 28. The first-order chi connectivity index (χ1) is 23.0. The molecule has 0 bridgehead atoms. The lowest BCUT2D eigenvalue weighted by Gasteiger charge is -2.07. The number of terminal acetylenes is 2. The van der Waals surface area contributed by atoms with Gasteiger partial charge in [0.1, 0.15) is 13.2 Å². The highest BCUT2D eigenvalue weighted by Gasteiger charge is 2.08. The molecule has 0 aromatic carbocycles. The monoisotopic (exact) mass is 666 g/mol. The topological polar surface area (TPSA) is 173 Å². The Bertz CT molecular complexity index is 1160. The highest BCUT2D eigenvalue weighted by molar-refractivity contribution is 5.88. The van der Waals surface area contributed by atoms with Crippen LogP contribution >= 0.6 is 0 Å². The molecule has 0 aliphatic rings. The summed E-state index contributed by atoms with van der Waals surface area (Å²) in [5, 5.41) is 16.7. The van der Waals surface area contributed by atoms with E-state index in [0.717, 1.165) is 0 Å². The molecule has 0 fully saturated rings. The zero-order valence-electron chi connectivity index (χ0n) is 26.9. The number of aromatic carboxylic acids is 1. The van der Waals surface area contributed by atoms with Gasteiger partial charge in [0, 0.05) is 12.4 Å². The Morgan fingerprint density at radius 1 is 0.617 bits per heavy atom. The predicted octanol–water partition coefficient (Wildman–Crippen LogP) is 0.650. The van der Waals surface area contributed by atoms with Crippen LogP contribution in [0.25, 0.3) is 0 Å². The second-order valence-electron chi connectivity index (χ2n) is 8.97. The molecule has 16 heteroatoms. The number of methoxy groups -OCH3 is 1. The molecular formula is C31H46N4O12. The van der Waals surface area contributed by atoms with Gasteiger partial charge in [-0.15, -0.1) is 12.8 Å². The number of aromatic nitrogens is 4. The lowest BCUT2D eigenvalue weighted by Crippen LogP contribution is -2.13. The number of carboxylic acids is 1. The van der Waals surface area contributed by atoms with Crippen LogP contribution in [0.1, 0.15) is 20.7 Å². The second-order valence-corrected chi connectivity index (χ2v) is 8.97. The third-order valence-electron chi connectivity index (χ3n) is 5.47. The maximum Gasteiger partial charge on any atom is 0.341 e. The number of carboxylic acid groups (broad SMARTS) is 1. The molecule has 2 rings (SSSR count). The smallest absolute Gasteiger partial charge is 0.341 e. The van der Waals surface area contributed by atoms with Crippen LogP contribution in [0.3, 0.4) is 0 Å². The molecule has 2 aromatic heterocycles. The first kappa shape index (κ1) is 41.2. The summed E-state index contributed by atoms with van der Waals surface area (Å²) >= 11 is 0. The average Bonchev–Trinajstić information content (AvgIpc) is 3.76. The number of esters is 1. The van der Waals surface area contributed by atoms with Crippen LogP contribution in [0.5, 0.6) is 0 Å². The van der Waals surface area contributed by atoms with E-state index >= 15 is 0 Å². The molecule has 262 valence electrons. The van der Waals surface area contributed by atoms with Crippen molar-refractivity contribution >= 4 is 11.9 Å². The van der Waals surface area contributed by atoms with Gasteiger partial charge in [-0.1, -0.05) is 11.8 Å². The lowest BCUT2D eigenvalue weighted by molar-refractivity contribution is 0.000230. The molecule has 0 radical (unpaired) electrons. The molecule has 0 saturated heterocycles. The SMILES string of the molecule is C#CCOCCOCCOCCOCCn1cc(C(=O)O)cn1.C#CCOCCOCCOCCOCCn1cc(C(=O)OC)cn1. The molecule has 0 aliphatic carbocycles. The minimum Gasteiger partial charge on any atom is -0.478 e. The summed E-state index contributed by atoms with van der Waals surface area (Å²) in [6, 6.07) is 0. The summed E-state index contributed by atoms with van der Waals surface area (Å²) in [5.41, 5.74) is 0.587. The highest BCUT2D eigenvalue weighted by Crippen LogP contribution is 2.00. The van der Waals surface area contributed by atoms with Gasteiger partial charge < -0.3 is 47.7 Å². The van der Waals surface area contributed by atoms with Crippen molar-refractivity contribution in [2.75, 3.05) is 113 Å². The number of carbonyl (C=O) groups is 2. The van der Waals surface area contributed by atoms with E-state index in [0.29, 0.717) is 124 Å². The van der Waals surface area contributed by atoms with E-state index in [1.807, 2.05) is 0 Å². The fourth-order valence-electron chi connectivity index (χ4n) is 3.20. The second kappa shape index (κ2) is 29.6. The molecule has 0 spiro atoms. The van der Waals surface area contributed by atoms with Gasteiger partial charge in [-0.2, -0.15) is 10.2 Å². The first-order valence-corrected chi connectivity index (χ1v) is 14.9. The third kappa shape index (κ3) is 23.2. The van der Waals surface area contributed by atoms with Gasteiger partial charge in [-0.25, -0.2) is 9.59 Å². The molecule has 0 saturated carbocycles. The van der Waals surface area contributed by atoms with Crippen molar-refractivity contribution in [2.45, 2.75) is 13.1 Å². The zero-order valence-corrected chi connectivity index (χ0v) is 26.9. The summed E-state index contributed by atoms with van der Waals surface area (Å²) in [4.78, 5) is 21.9. The Morgan fingerprint density at radius 2 is 0.957 bits per heavy atom. The van der Waals surface area contributed by atoms with Crippen molar-refractivity contribution in [3.63, 3.8) is 0 Å². The maximum atomic E-state index is 11.3. The van der Waals surface area contributed by atoms with Gasteiger partial charge >= 0.3 is 11.9 Å². The molecule has 0 atom stereocenters. The minimum atomic E-state index is -0.990. The quantitative estimate of drug-likeness (QED) is 0.0762. The molecular weight excluding hydrogens is 620 g/mol. The van der Waals surface area contributed by atoms with Crippen molar-refractivity contribution in [3.8, 4) is 24.7 Å². The molecule has 0 unspecified atom stereocenters. The van der Waals surface area contributed by atoms with Crippen LogP contribution in [-0.2, 0) is 55.7 Å². The Balaban J connectivity index is 0.000000470. The van der Waals surface area contributed by atoms with Crippen LogP contribution in [0.4, 0.5) is 0 Å². The van der Waals surface area contributed by atoms with E-state index in [9.17, 15) is 9.59 Å². The number of hydrogen-bond acceptors (Lipinski definition) is 13. The fourth-order valence-corrected chi connectivity index (χ4v) is 3.20. The summed E-state index contributed by atoms with van der Waals surface area (Å²) in [7, 11) is 1.33. The van der Waals surface area contributed by atoms with Gasteiger partial charge in [0.25, 0.3) is 0 Å². The molecule has 1 N–H and O–H groups in total. The van der Waals surface area contributed by atoms with Crippen LogP contribution in [0, 0.1) is 24.7 Å². The Kier molecular flexibility index (Phi) is 25.9. The van der Waals surface area contributed by atoms with Crippen LogP contribution < -0.4 is 0 Å². The van der Waals surface area contributed by atoms with Gasteiger partial charge in [0.05, 0.1) is 136 Å². The van der Waals surface area contributed by atoms with Crippen LogP contribution in [0.2, 0.25) is 0 Å². The van der Waals surface area contributed by atoms with Crippen molar-refractivity contribution in [1.82, 2.24) is 19.6 Å². The summed E-state index contributed by atoms with van der Waals surface area (Å²) in [6.45, 7) is 8.40. The Morgan fingerprint density at radius 3 is 1.30 bits per heavy atom. The van der Waals surface area contributed by atoms with Gasteiger partial charge in [-0.05, 0) is 0 Å². The lowest BCUT2D eigenvalue weighted by atomic mass is 10.4. The van der Waals surface area contributed by atoms with Crippen LogP contribution in [0.15, 0.2) is 24.8 Å². The van der Waals surface area contributed by atoms with Crippen molar-refractivity contribution in [1.29, 1.82) is 0 Å². The Hall–Kier alpha value is -3.84. The number of nitrogens with zero attached hydrogens (tertiary/aromatic N) is 4. The van der Waals surface area contributed by atoms with E-state index in [1.165, 1.54) is 30.4 Å². The summed E-state index contributed by atoms with van der Waals surface area (Å²) in [6.07, 6.45) is 15.9. The van der Waals surface area contributed by atoms with Gasteiger partial charge in [0.2, 0.25) is 0 Å². The third-order valence-corrected chi connectivity index (χ3v) is 5.47. The predicted molar refractivity (Wildman–Crippen MR) is 167 cm³/mol. The van der Waals surface area contributed by atoms with Crippen LogP contribution in [-0.4, -0.2) is 149 Å². The Labute approximate surface area is 275 Å². The summed E-state index contributed by atoms with van der Waals surface area (Å²) in [5.74, 6) is 3.36.